The Bertz CT molecular complexity index is 928. The number of nitrogens with zero attached hydrogens (tertiary/aromatic N) is 1. The molecule has 3 rings (SSSR count). The second-order valence-electron chi connectivity index (χ2n) is 6.37. The van der Waals surface area contributed by atoms with Crippen LogP contribution in [0.2, 0.25) is 0 Å². The molecule has 2 aromatic carbocycles. The van der Waals surface area contributed by atoms with Gasteiger partial charge in [-0.3, -0.25) is 9.59 Å². The zero-order valence-corrected chi connectivity index (χ0v) is 15.9. The standard InChI is InChI=1S/C21H21NO3S/c1-13-8-9-16(12-14(13)2)21(24)15(3)25-20(23)11-10-19-22-17-6-4-5-7-18(17)26-19/h4-9,12,15H,10-11H2,1-3H3/t15-/m0/s1. The van der Waals surface area contributed by atoms with E-state index >= 15 is 0 Å². The second-order valence-corrected chi connectivity index (χ2v) is 7.49. The van der Waals surface area contributed by atoms with E-state index < -0.39 is 6.10 Å². The Kier molecular flexibility index (Phi) is 5.47. The molecule has 5 heteroatoms. The summed E-state index contributed by atoms with van der Waals surface area (Å²) in [5.74, 6) is -0.560. The number of benzene rings is 2. The van der Waals surface area contributed by atoms with Crippen LogP contribution in [0.3, 0.4) is 0 Å². The first kappa shape index (κ1) is 18.3. The fourth-order valence-corrected chi connectivity index (χ4v) is 3.64. The molecule has 0 aliphatic rings. The molecule has 0 radical (unpaired) electrons. The van der Waals surface area contributed by atoms with E-state index in [0.717, 1.165) is 26.4 Å². The number of ketones is 1. The van der Waals surface area contributed by atoms with Crippen LogP contribution in [0.25, 0.3) is 10.2 Å². The Morgan fingerprint density at radius 1 is 1.12 bits per heavy atom. The van der Waals surface area contributed by atoms with Gasteiger partial charge in [-0.25, -0.2) is 4.98 Å². The maximum atomic E-state index is 12.4. The van der Waals surface area contributed by atoms with Crippen molar-refractivity contribution in [1.29, 1.82) is 0 Å². The van der Waals surface area contributed by atoms with Crippen LogP contribution < -0.4 is 0 Å². The summed E-state index contributed by atoms with van der Waals surface area (Å²) in [5, 5.41) is 0.899. The van der Waals surface area contributed by atoms with Gasteiger partial charge in [-0.1, -0.05) is 24.3 Å². The van der Waals surface area contributed by atoms with E-state index in [0.29, 0.717) is 12.0 Å². The number of aromatic nitrogens is 1. The first-order valence-electron chi connectivity index (χ1n) is 8.59. The molecule has 1 atom stereocenters. The number of Topliss-reactive ketones (excluding diaryl/α,β-unsaturated/α-hetero) is 1. The molecule has 0 bridgehead atoms. The van der Waals surface area contributed by atoms with E-state index in [2.05, 4.69) is 4.98 Å². The number of hydrogen-bond acceptors (Lipinski definition) is 5. The van der Waals surface area contributed by atoms with Crippen molar-refractivity contribution in [3.8, 4) is 0 Å². The number of carbonyl (C=O) groups excluding carboxylic acids is 2. The number of esters is 1. The van der Waals surface area contributed by atoms with Gasteiger partial charge < -0.3 is 4.74 Å². The average molecular weight is 367 g/mol. The second kappa shape index (κ2) is 7.79. The first-order valence-corrected chi connectivity index (χ1v) is 9.41. The fraction of sp³-hybridized carbons (Fsp3) is 0.286. The molecular formula is C21H21NO3S. The Hall–Kier alpha value is -2.53. The molecular weight excluding hydrogens is 346 g/mol. The lowest BCUT2D eigenvalue weighted by molar-refractivity contribution is -0.146. The number of fused-ring (bicyclic) bond motifs is 1. The van der Waals surface area contributed by atoms with Crippen molar-refractivity contribution in [1.82, 2.24) is 4.98 Å². The highest BCUT2D eigenvalue weighted by Gasteiger charge is 2.20. The van der Waals surface area contributed by atoms with Crippen LogP contribution >= 0.6 is 11.3 Å². The normalized spacial score (nSPS) is 12.1. The molecule has 1 aromatic heterocycles. The Labute approximate surface area is 156 Å². The van der Waals surface area contributed by atoms with E-state index in [-0.39, 0.29) is 18.2 Å². The summed E-state index contributed by atoms with van der Waals surface area (Å²) in [6, 6.07) is 13.4. The lowest BCUT2D eigenvalue weighted by Crippen LogP contribution is -2.24. The van der Waals surface area contributed by atoms with Gasteiger partial charge >= 0.3 is 5.97 Å². The third-order valence-electron chi connectivity index (χ3n) is 4.35. The molecule has 0 aliphatic carbocycles. The van der Waals surface area contributed by atoms with Crippen molar-refractivity contribution in [2.75, 3.05) is 0 Å². The van der Waals surface area contributed by atoms with E-state index in [9.17, 15) is 9.59 Å². The predicted octanol–water partition coefficient (Wildman–Crippen LogP) is 4.66. The van der Waals surface area contributed by atoms with Gasteiger partial charge in [0.15, 0.2) is 6.10 Å². The van der Waals surface area contributed by atoms with Crippen LogP contribution in [-0.4, -0.2) is 22.8 Å². The third kappa shape index (κ3) is 4.17. The zero-order valence-electron chi connectivity index (χ0n) is 15.1. The molecule has 26 heavy (non-hydrogen) atoms. The smallest absolute Gasteiger partial charge is 0.306 e. The summed E-state index contributed by atoms with van der Waals surface area (Å²) in [4.78, 5) is 29.1. The summed E-state index contributed by atoms with van der Waals surface area (Å²) < 4.78 is 6.43. The van der Waals surface area contributed by atoms with E-state index in [1.807, 2.05) is 50.2 Å². The molecule has 3 aromatic rings. The molecule has 0 fully saturated rings. The molecule has 1 heterocycles. The highest BCUT2D eigenvalue weighted by atomic mass is 32.1. The number of para-hydroxylation sites is 1. The lowest BCUT2D eigenvalue weighted by atomic mass is 10.0. The largest absolute Gasteiger partial charge is 0.454 e. The minimum atomic E-state index is -0.792. The number of hydrogen-bond donors (Lipinski definition) is 0. The van der Waals surface area contributed by atoms with Gasteiger partial charge in [0.1, 0.15) is 0 Å². The lowest BCUT2D eigenvalue weighted by Gasteiger charge is -2.13. The Balaban J connectivity index is 1.56. The fourth-order valence-electron chi connectivity index (χ4n) is 2.67. The van der Waals surface area contributed by atoms with Crippen molar-refractivity contribution in [2.45, 2.75) is 39.7 Å². The van der Waals surface area contributed by atoms with Gasteiger partial charge in [-0.2, -0.15) is 0 Å². The maximum absolute atomic E-state index is 12.4. The molecule has 4 nitrogen and oxygen atoms in total. The van der Waals surface area contributed by atoms with Gasteiger partial charge in [0.25, 0.3) is 0 Å². The first-order chi connectivity index (χ1) is 12.4. The van der Waals surface area contributed by atoms with E-state index in [1.165, 1.54) is 0 Å². The van der Waals surface area contributed by atoms with Crippen molar-refractivity contribution >= 4 is 33.3 Å². The SMILES string of the molecule is Cc1ccc(C(=O)[C@H](C)OC(=O)CCc2nc3ccccc3s2)cc1C. The highest BCUT2D eigenvalue weighted by Crippen LogP contribution is 2.22. The van der Waals surface area contributed by atoms with Gasteiger partial charge in [-0.05, 0) is 50.1 Å². The number of ether oxygens (including phenoxy) is 1. The molecule has 0 unspecified atom stereocenters. The van der Waals surface area contributed by atoms with Crippen LogP contribution in [0.15, 0.2) is 42.5 Å². The van der Waals surface area contributed by atoms with Crippen LogP contribution in [0.5, 0.6) is 0 Å². The summed E-state index contributed by atoms with van der Waals surface area (Å²) in [6.07, 6.45) is -0.0624. The number of thiazole rings is 1. The van der Waals surface area contributed by atoms with E-state index in [4.69, 9.17) is 4.74 Å². The minimum Gasteiger partial charge on any atom is -0.454 e. The van der Waals surface area contributed by atoms with Gasteiger partial charge in [0.05, 0.1) is 21.6 Å². The van der Waals surface area contributed by atoms with E-state index in [1.54, 1.807) is 24.3 Å². The molecule has 0 spiro atoms. The van der Waals surface area contributed by atoms with Gasteiger partial charge in [0.2, 0.25) is 5.78 Å². The van der Waals surface area contributed by atoms with Crippen molar-refractivity contribution in [3.05, 3.63) is 64.2 Å². The molecule has 134 valence electrons. The molecule has 0 N–H and O–H groups in total. The highest BCUT2D eigenvalue weighted by molar-refractivity contribution is 7.18. The molecule has 0 saturated heterocycles. The topological polar surface area (TPSA) is 56.3 Å². The van der Waals surface area contributed by atoms with Crippen molar-refractivity contribution in [3.63, 3.8) is 0 Å². The number of rotatable bonds is 6. The van der Waals surface area contributed by atoms with Crippen LogP contribution in [0.4, 0.5) is 0 Å². The summed E-state index contributed by atoms with van der Waals surface area (Å²) >= 11 is 1.58. The van der Waals surface area contributed by atoms with Crippen molar-refractivity contribution < 1.29 is 14.3 Å². The van der Waals surface area contributed by atoms with Crippen LogP contribution in [-0.2, 0) is 16.0 Å². The minimum absolute atomic E-state index is 0.179. The summed E-state index contributed by atoms with van der Waals surface area (Å²) in [7, 11) is 0. The molecule has 0 saturated carbocycles. The number of aryl methyl sites for hydroxylation is 3. The average Bonchev–Trinajstić information content (AvgIpc) is 3.04. The molecule has 0 aliphatic heterocycles. The third-order valence-corrected chi connectivity index (χ3v) is 5.45. The van der Waals surface area contributed by atoms with Gasteiger partial charge in [0, 0.05) is 12.0 Å². The maximum Gasteiger partial charge on any atom is 0.306 e. The molecule has 0 amide bonds. The number of carbonyl (C=O) groups is 2. The predicted molar refractivity (Wildman–Crippen MR) is 104 cm³/mol. The van der Waals surface area contributed by atoms with Crippen LogP contribution in [0, 0.1) is 13.8 Å². The quantitative estimate of drug-likeness (QED) is 0.470. The monoisotopic (exact) mass is 367 g/mol. The zero-order chi connectivity index (χ0) is 18.7. The summed E-state index contributed by atoms with van der Waals surface area (Å²) in [6.45, 7) is 5.57. The Morgan fingerprint density at radius 2 is 1.88 bits per heavy atom. The Morgan fingerprint density at radius 3 is 2.62 bits per heavy atom. The van der Waals surface area contributed by atoms with Crippen LogP contribution in [0.1, 0.15) is 39.8 Å². The van der Waals surface area contributed by atoms with Gasteiger partial charge in [-0.15, -0.1) is 11.3 Å². The van der Waals surface area contributed by atoms with Crippen molar-refractivity contribution in [2.24, 2.45) is 0 Å². The summed E-state index contributed by atoms with van der Waals surface area (Å²) in [5.41, 5.74) is 3.69.